The molecule has 1 saturated carbocycles. The number of nitrogens with one attached hydrogen (secondary N) is 1. The predicted molar refractivity (Wildman–Crippen MR) is 60.8 cm³/mol. The van der Waals surface area contributed by atoms with Gasteiger partial charge in [0.1, 0.15) is 5.54 Å². The van der Waals surface area contributed by atoms with E-state index in [1.807, 2.05) is 6.92 Å². The maximum atomic E-state index is 11.4. The van der Waals surface area contributed by atoms with Crippen molar-refractivity contribution in [3.8, 4) is 0 Å². The van der Waals surface area contributed by atoms with Gasteiger partial charge in [0.25, 0.3) is 0 Å². The van der Waals surface area contributed by atoms with Gasteiger partial charge in [0, 0.05) is 11.8 Å². The van der Waals surface area contributed by atoms with Crippen LogP contribution in [0.25, 0.3) is 0 Å². The van der Waals surface area contributed by atoms with E-state index in [2.05, 4.69) is 5.32 Å². The Balaban J connectivity index is 1.82. The Bertz CT molecular complexity index is 254. The van der Waals surface area contributed by atoms with Crippen molar-refractivity contribution in [2.75, 3.05) is 19.0 Å². The molecule has 1 unspecified atom stereocenters. The molecule has 0 spiro atoms. The Hall–Kier alpha value is -0.260. The van der Waals surface area contributed by atoms with Crippen molar-refractivity contribution in [2.24, 2.45) is 5.73 Å². The van der Waals surface area contributed by atoms with Gasteiger partial charge in [-0.2, -0.15) is 11.8 Å². The fraction of sp³-hybridized carbons (Fsp3) is 0.900. The van der Waals surface area contributed by atoms with Gasteiger partial charge >= 0.3 is 0 Å². The highest BCUT2D eigenvalue weighted by atomic mass is 32.2. The molecule has 2 rings (SSSR count). The Morgan fingerprint density at radius 2 is 2.27 bits per heavy atom. The molecule has 0 aromatic heterocycles. The molecule has 1 amide bonds. The van der Waals surface area contributed by atoms with E-state index in [1.165, 1.54) is 12.8 Å². The number of carbonyl (C=O) groups is 1. The van der Waals surface area contributed by atoms with Gasteiger partial charge in [-0.3, -0.25) is 4.79 Å². The van der Waals surface area contributed by atoms with E-state index in [9.17, 15) is 4.79 Å². The number of amides is 1. The van der Waals surface area contributed by atoms with E-state index in [0.717, 1.165) is 19.0 Å². The van der Waals surface area contributed by atoms with Crippen LogP contribution in [0, 0.1) is 0 Å². The fourth-order valence-electron chi connectivity index (χ4n) is 1.46. The average Bonchev–Trinajstić information content (AvgIpc) is 2.85. The standard InChI is InChI=1S/C10H18N2O2S/c1-10(9(11)13,12-7-2-3-7)6-15-8-4-14-5-8/h7-8,12H,2-6H2,1H3,(H2,11,13). The Morgan fingerprint density at radius 1 is 1.60 bits per heavy atom. The summed E-state index contributed by atoms with van der Waals surface area (Å²) >= 11 is 1.78. The molecule has 1 atom stereocenters. The number of primary amides is 1. The molecule has 15 heavy (non-hydrogen) atoms. The first-order valence-electron chi connectivity index (χ1n) is 5.37. The third-order valence-corrected chi connectivity index (χ3v) is 4.35. The zero-order valence-electron chi connectivity index (χ0n) is 8.99. The van der Waals surface area contributed by atoms with Crippen LogP contribution in [0.5, 0.6) is 0 Å². The van der Waals surface area contributed by atoms with Crippen LogP contribution in [-0.4, -0.2) is 41.7 Å². The van der Waals surface area contributed by atoms with Crippen molar-refractivity contribution in [1.29, 1.82) is 0 Å². The highest BCUT2D eigenvalue weighted by Gasteiger charge is 2.38. The molecule has 2 fully saturated rings. The molecule has 0 aromatic rings. The first kappa shape index (κ1) is 11.2. The second kappa shape index (κ2) is 4.31. The van der Waals surface area contributed by atoms with Crippen LogP contribution in [0.15, 0.2) is 0 Å². The lowest BCUT2D eigenvalue weighted by Crippen LogP contribution is -2.56. The van der Waals surface area contributed by atoms with Crippen molar-refractivity contribution < 1.29 is 9.53 Å². The number of thioether (sulfide) groups is 1. The van der Waals surface area contributed by atoms with E-state index >= 15 is 0 Å². The van der Waals surface area contributed by atoms with Crippen molar-refractivity contribution in [2.45, 2.75) is 36.6 Å². The molecule has 1 heterocycles. The molecule has 0 bridgehead atoms. The lowest BCUT2D eigenvalue weighted by Gasteiger charge is -2.32. The van der Waals surface area contributed by atoms with Crippen LogP contribution in [0.2, 0.25) is 0 Å². The molecule has 4 nitrogen and oxygen atoms in total. The van der Waals surface area contributed by atoms with Crippen molar-refractivity contribution >= 4 is 17.7 Å². The van der Waals surface area contributed by atoms with Crippen LogP contribution in [0.4, 0.5) is 0 Å². The van der Waals surface area contributed by atoms with Gasteiger partial charge in [0.15, 0.2) is 0 Å². The van der Waals surface area contributed by atoms with E-state index < -0.39 is 5.54 Å². The van der Waals surface area contributed by atoms with E-state index in [4.69, 9.17) is 10.5 Å². The Labute approximate surface area is 94.3 Å². The number of hydrogen-bond acceptors (Lipinski definition) is 4. The zero-order chi connectivity index (χ0) is 10.9. The number of nitrogens with two attached hydrogens (primary N) is 1. The molecule has 0 radical (unpaired) electrons. The first-order valence-corrected chi connectivity index (χ1v) is 6.42. The molecular formula is C10H18N2O2S. The molecule has 5 heteroatoms. The minimum absolute atomic E-state index is 0.248. The summed E-state index contributed by atoms with van der Waals surface area (Å²) in [5, 5.41) is 3.88. The van der Waals surface area contributed by atoms with Crippen LogP contribution >= 0.6 is 11.8 Å². The van der Waals surface area contributed by atoms with Crippen LogP contribution in [0.1, 0.15) is 19.8 Å². The van der Waals surface area contributed by atoms with E-state index in [0.29, 0.717) is 11.3 Å². The second-order valence-electron chi connectivity index (χ2n) is 4.59. The van der Waals surface area contributed by atoms with Crippen molar-refractivity contribution in [1.82, 2.24) is 5.32 Å². The van der Waals surface area contributed by atoms with Gasteiger partial charge in [-0.15, -0.1) is 0 Å². The molecule has 0 aromatic carbocycles. The maximum absolute atomic E-state index is 11.4. The Kier molecular flexibility index (Phi) is 3.23. The zero-order valence-corrected chi connectivity index (χ0v) is 9.81. The fourth-order valence-corrected chi connectivity index (χ4v) is 2.64. The lowest BCUT2D eigenvalue weighted by atomic mass is 10.1. The van der Waals surface area contributed by atoms with E-state index in [-0.39, 0.29) is 5.91 Å². The van der Waals surface area contributed by atoms with Gasteiger partial charge in [-0.1, -0.05) is 0 Å². The smallest absolute Gasteiger partial charge is 0.238 e. The summed E-state index contributed by atoms with van der Waals surface area (Å²) in [6.07, 6.45) is 2.33. The summed E-state index contributed by atoms with van der Waals surface area (Å²) in [5.74, 6) is 0.495. The molecule has 3 N–H and O–H groups in total. The van der Waals surface area contributed by atoms with Crippen molar-refractivity contribution in [3.63, 3.8) is 0 Å². The summed E-state index contributed by atoms with van der Waals surface area (Å²) in [5.41, 5.74) is 4.89. The highest BCUT2D eigenvalue weighted by Crippen LogP contribution is 2.27. The van der Waals surface area contributed by atoms with Crippen LogP contribution in [0.3, 0.4) is 0 Å². The molecular weight excluding hydrogens is 212 g/mol. The molecule has 1 aliphatic carbocycles. The third-order valence-electron chi connectivity index (χ3n) is 2.86. The normalized spacial score (nSPS) is 25.7. The predicted octanol–water partition coefficient (Wildman–Crippen LogP) is 0.114. The molecule has 1 saturated heterocycles. The topological polar surface area (TPSA) is 64.3 Å². The highest BCUT2D eigenvalue weighted by molar-refractivity contribution is 8.00. The number of carbonyl (C=O) groups excluding carboxylic acids is 1. The average molecular weight is 230 g/mol. The van der Waals surface area contributed by atoms with Gasteiger partial charge in [-0.25, -0.2) is 0 Å². The van der Waals surface area contributed by atoms with Crippen LogP contribution < -0.4 is 11.1 Å². The lowest BCUT2D eigenvalue weighted by molar-refractivity contribution is -0.123. The van der Waals surface area contributed by atoms with Gasteiger partial charge in [0.05, 0.1) is 18.5 Å². The van der Waals surface area contributed by atoms with Gasteiger partial charge < -0.3 is 15.8 Å². The minimum Gasteiger partial charge on any atom is -0.379 e. The Morgan fingerprint density at radius 3 is 2.67 bits per heavy atom. The summed E-state index contributed by atoms with van der Waals surface area (Å²) in [7, 11) is 0. The second-order valence-corrected chi connectivity index (χ2v) is 5.87. The minimum atomic E-state index is -0.554. The summed E-state index contributed by atoms with van der Waals surface area (Å²) in [4.78, 5) is 11.4. The largest absolute Gasteiger partial charge is 0.379 e. The van der Waals surface area contributed by atoms with Crippen LogP contribution in [-0.2, 0) is 9.53 Å². The van der Waals surface area contributed by atoms with Gasteiger partial charge in [-0.05, 0) is 19.8 Å². The first-order chi connectivity index (χ1) is 7.10. The van der Waals surface area contributed by atoms with E-state index in [1.54, 1.807) is 11.8 Å². The van der Waals surface area contributed by atoms with Gasteiger partial charge in [0.2, 0.25) is 5.91 Å². The number of rotatable bonds is 6. The molecule has 2 aliphatic rings. The van der Waals surface area contributed by atoms with Crippen molar-refractivity contribution in [3.05, 3.63) is 0 Å². The number of hydrogen-bond donors (Lipinski definition) is 2. The maximum Gasteiger partial charge on any atom is 0.238 e. The quantitative estimate of drug-likeness (QED) is 0.680. The third kappa shape index (κ3) is 2.86. The number of ether oxygens (including phenoxy) is 1. The SMILES string of the molecule is CC(CSC1COC1)(NC1CC1)C(N)=O. The summed E-state index contributed by atoms with van der Waals surface area (Å²) in [6.45, 7) is 3.52. The molecule has 1 aliphatic heterocycles. The molecule has 86 valence electrons. The summed E-state index contributed by atoms with van der Waals surface area (Å²) in [6, 6.07) is 0.501. The monoisotopic (exact) mass is 230 g/mol. The summed E-state index contributed by atoms with van der Waals surface area (Å²) < 4.78 is 5.10.